The Morgan fingerprint density at radius 2 is 1.89 bits per heavy atom. The molecule has 1 aromatic carbocycles. The minimum atomic E-state index is 0.474. The predicted octanol–water partition coefficient (Wildman–Crippen LogP) is 3.48. The summed E-state index contributed by atoms with van der Waals surface area (Å²) in [5.41, 5.74) is 2.01. The first kappa shape index (κ1) is 12.8. The SMILES string of the molecule is CC(C)C(C)NCc1cc(-c2ccccc2)on1. The monoisotopic (exact) mass is 244 g/mol. The Kier molecular flexibility index (Phi) is 4.15. The van der Waals surface area contributed by atoms with E-state index < -0.39 is 0 Å². The Bertz CT molecular complexity index is 476. The number of nitrogens with zero attached hydrogens (tertiary/aromatic N) is 1. The van der Waals surface area contributed by atoms with E-state index in [1.54, 1.807) is 0 Å². The van der Waals surface area contributed by atoms with E-state index in [0.717, 1.165) is 23.6 Å². The largest absolute Gasteiger partial charge is 0.356 e. The average molecular weight is 244 g/mol. The molecule has 0 saturated heterocycles. The van der Waals surface area contributed by atoms with Crippen LogP contribution < -0.4 is 5.32 Å². The van der Waals surface area contributed by atoms with Gasteiger partial charge in [0.1, 0.15) is 0 Å². The average Bonchev–Trinajstić information content (AvgIpc) is 2.85. The molecule has 1 atom stereocenters. The molecule has 2 rings (SSSR count). The fraction of sp³-hybridized carbons (Fsp3) is 0.400. The molecule has 1 unspecified atom stereocenters. The van der Waals surface area contributed by atoms with Crippen LogP contribution in [-0.2, 0) is 6.54 Å². The Labute approximate surface area is 108 Å². The fourth-order valence-electron chi connectivity index (χ4n) is 1.63. The highest BCUT2D eigenvalue weighted by atomic mass is 16.5. The minimum absolute atomic E-state index is 0.474. The lowest BCUT2D eigenvalue weighted by molar-refractivity contribution is 0.397. The number of hydrogen-bond acceptors (Lipinski definition) is 3. The van der Waals surface area contributed by atoms with E-state index in [2.05, 4.69) is 31.2 Å². The van der Waals surface area contributed by atoms with Gasteiger partial charge in [0, 0.05) is 24.2 Å². The van der Waals surface area contributed by atoms with E-state index in [1.807, 2.05) is 36.4 Å². The highest BCUT2D eigenvalue weighted by Gasteiger charge is 2.09. The summed E-state index contributed by atoms with van der Waals surface area (Å²) in [6.45, 7) is 7.34. The van der Waals surface area contributed by atoms with Crippen molar-refractivity contribution in [3.8, 4) is 11.3 Å². The molecule has 3 nitrogen and oxygen atoms in total. The van der Waals surface area contributed by atoms with E-state index in [0.29, 0.717) is 12.0 Å². The molecule has 0 spiro atoms. The van der Waals surface area contributed by atoms with Crippen LogP contribution in [0.4, 0.5) is 0 Å². The third kappa shape index (κ3) is 3.20. The second-order valence-electron chi connectivity index (χ2n) is 4.96. The molecule has 2 aromatic rings. The summed E-state index contributed by atoms with van der Waals surface area (Å²) in [6, 6.07) is 12.5. The summed E-state index contributed by atoms with van der Waals surface area (Å²) in [4.78, 5) is 0. The molecule has 0 aliphatic rings. The third-order valence-electron chi connectivity index (χ3n) is 3.22. The van der Waals surface area contributed by atoms with Crippen LogP contribution in [0.3, 0.4) is 0 Å². The molecular weight excluding hydrogens is 224 g/mol. The van der Waals surface area contributed by atoms with E-state index in [9.17, 15) is 0 Å². The first-order valence-electron chi connectivity index (χ1n) is 6.41. The highest BCUT2D eigenvalue weighted by Crippen LogP contribution is 2.19. The van der Waals surface area contributed by atoms with Gasteiger partial charge in [0.15, 0.2) is 5.76 Å². The van der Waals surface area contributed by atoms with Crippen molar-refractivity contribution in [2.45, 2.75) is 33.4 Å². The standard InChI is InChI=1S/C15H20N2O/c1-11(2)12(3)16-10-14-9-15(18-17-14)13-7-5-4-6-8-13/h4-9,11-12,16H,10H2,1-3H3. The number of benzene rings is 1. The number of rotatable bonds is 5. The van der Waals surface area contributed by atoms with E-state index in [4.69, 9.17) is 4.52 Å². The Morgan fingerprint density at radius 3 is 2.56 bits per heavy atom. The summed E-state index contributed by atoms with van der Waals surface area (Å²) in [5.74, 6) is 1.44. The number of nitrogens with one attached hydrogen (secondary N) is 1. The van der Waals surface area contributed by atoms with Gasteiger partial charge in [0.2, 0.25) is 0 Å². The van der Waals surface area contributed by atoms with Crippen molar-refractivity contribution in [3.05, 3.63) is 42.1 Å². The topological polar surface area (TPSA) is 38.1 Å². The van der Waals surface area contributed by atoms with Crippen LogP contribution in [0.2, 0.25) is 0 Å². The molecule has 18 heavy (non-hydrogen) atoms. The third-order valence-corrected chi connectivity index (χ3v) is 3.22. The van der Waals surface area contributed by atoms with Gasteiger partial charge in [-0.2, -0.15) is 0 Å². The quantitative estimate of drug-likeness (QED) is 0.875. The lowest BCUT2D eigenvalue weighted by atomic mass is 10.1. The van der Waals surface area contributed by atoms with Crippen LogP contribution in [0.15, 0.2) is 40.9 Å². The zero-order valence-corrected chi connectivity index (χ0v) is 11.2. The summed E-state index contributed by atoms with van der Waals surface area (Å²) in [5, 5.41) is 7.53. The molecule has 0 aliphatic carbocycles. The van der Waals surface area contributed by atoms with Gasteiger partial charge in [-0.25, -0.2) is 0 Å². The molecular formula is C15H20N2O. The molecule has 0 fully saturated rings. The molecule has 1 N–H and O–H groups in total. The normalized spacial score (nSPS) is 12.9. The van der Waals surface area contributed by atoms with Crippen molar-refractivity contribution >= 4 is 0 Å². The molecule has 0 bridgehead atoms. The van der Waals surface area contributed by atoms with E-state index >= 15 is 0 Å². The molecule has 0 aliphatic heterocycles. The second kappa shape index (κ2) is 5.83. The van der Waals surface area contributed by atoms with E-state index in [-0.39, 0.29) is 0 Å². The molecule has 0 radical (unpaired) electrons. The van der Waals surface area contributed by atoms with Crippen LogP contribution in [0, 0.1) is 5.92 Å². The van der Waals surface area contributed by atoms with Crippen LogP contribution in [0.5, 0.6) is 0 Å². The maximum Gasteiger partial charge on any atom is 0.167 e. The maximum absolute atomic E-state index is 5.35. The van der Waals surface area contributed by atoms with Crippen LogP contribution >= 0.6 is 0 Å². The first-order chi connectivity index (χ1) is 8.66. The van der Waals surface area contributed by atoms with Gasteiger partial charge in [-0.15, -0.1) is 0 Å². The van der Waals surface area contributed by atoms with Crippen molar-refractivity contribution in [1.82, 2.24) is 10.5 Å². The van der Waals surface area contributed by atoms with Gasteiger partial charge in [-0.05, 0) is 12.8 Å². The first-order valence-corrected chi connectivity index (χ1v) is 6.41. The summed E-state index contributed by atoms with van der Waals surface area (Å²) in [6.07, 6.45) is 0. The van der Waals surface area contributed by atoms with Gasteiger partial charge < -0.3 is 9.84 Å². The van der Waals surface area contributed by atoms with Crippen molar-refractivity contribution in [2.75, 3.05) is 0 Å². The van der Waals surface area contributed by atoms with Crippen molar-refractivity contribution in [1.29, 1.82) is 0 Å². The van der Waals surface area contributed by atoms with Gasteiger partial charge in [-0.1, -0.05) is 49.3 Å². The maximum atomic E-state index is 5.35. The van der Waals surface area contributed by atoms with Crippen molar-refractivity contribution in [3.63, 3.8) is 0 Å². The molecule has 1 heterocycles. The number of hydrogen-bond donors (Lipinski definition) is 1. The smallest absolute Gasteiger partial charge is 0.167 e. The lowest BCUT2D eigenvalue weighted by Crippen LogP contribution is -2.30. The Balaban J connectivity index is 1.99. The molecule has 0 saturated carbocycles. The fourth-order valence-corrected chi connectivity index (χ4v) is 1.63. The van der Waals surface area contributed by atoms with Gasteiger partial charge >= 0.3 is 0 Å². The predicted molar refractivity (Wildman–Crippen MR) is 73.1 cm³/mol. The highest BCUT2D eigenvalue weighted by molar-refractivity contribution is 5.56. The molecule has 3 heteroatoms. The molecule has 0 amide bonds. The van der Waals surface area contributed by atoms with E-state index in [1.165, 1.54) is 0 Å². The zero-order chi connectivity index (χ0) is 13.0. The number of aromatic nitrogens is 1. The Morgan fingerprint density at radius 1 is 1.17 bits per heavy atom. The molecule has 1 aromatic heterocycles. The van der Waals surface area contributed by atoms with Crippen molar-refractivity contribution in [2.24, 2.45) is 5.92 Å². The van der Waals surface area contributed by atoms with Crippen molar-refractivity contribution < 1.29 is 4.52 Å². The lowest BCUT2D eigenvalue weighted by Gasteiger charge is -2.15. The zero-order valence-electron chi connectivity index (χ0n) is 11.2. The van der Waals surface area contributed by atoms with Gasteiger partial charge in [-0.3, -0.25) is 0 Å². The van der Waals surface area contributed by atoms with Crippen LogP contribution in [-0.4, -0.2) is 11.2 Å². The summed E-state index contributed by atoms with van der Waals surface area (Å²) >= 11 is 0. The van der Waals surface area contributed by atoms with Gasteiger partial charge in [0.25, 0.3) is 0 Å². The van der Waals surface area contributed by atoms with Crippen LogP contribution in [0.25, 0.3) is 11.3 Å². The molecule has 96 valence electrons. The van der Waals surface area contributed by atoms with Gasteiger partial charge in [0.05, 0.1) is 5.69 Å². The van der Waals surface area contributed by atoms with Crippen LogP contribution in [0.1, 0.15) is 26.5 Å². The second-order valence-corrected chi connectivity index (χ2v) is 4.96. The minimum Gasteiger partial charge on any atom is -0.356 e. The summed E-state index contributed by atoms with van der Waals surface area (Å²) < 4.78 is 5.35. The Hall–Kier alpha value is -1.61. The summed E-state index contributed by atoms with van der Waals surface area (Å²) in [7, 11) is 0.